The molecule has 1 aliphatic heterocycles. The topological polar surface area (TPSA) is 29.5 Å². The zero-order valence-electron chi connectivity index (χ0n) is 11.7. The molecule has 0 unspecified atom stereocenters. The number of ether oxygens (including phenoxy) is 1. The van der Waals surface area contributed by atoms with Crippen molar-refractivity contribution in [1.82, 2.24) is 4.90 Å². The average Bonchev–Trinajstić information content (AvgIpc) is 2.34. The molecule has 0 atom stereocenters. The van der Waals surface area contributed by atoms with Crippen LogP contribution in [0, 0.1) is 11.2 Å². The van der Waals surface area contributed by atoms with Gasteiger partial charge in [0.1, 0.15) is 17.3 Å². The number of carbonyl (C=O) groups excluding carboxylic acids is 1. The van der Waals surface area contributed by atoms with Crippen LogP contribution in [0.3, 0.4) is 0 Å². The van der Waals surface area contributed by atoms with Crippen LogP contribution in [0.4, 0.5) is 4.39 Å². The lowest BCUT2D eigenvalue weighted by molar-refractivity contribution is -0.131. The molecule has 1 aliphatic rings. The molecule has 3 nitrogen and oxygen atoms in total. The predicted octanol–water partition coefficient (Wildman–Crippen LogP) is 2.64. The van der Waals surface area contributed by atoms with Crippen molar-refractivity contribution in [1.29, 1.82) is 0 Å². The molecule has 0 aromatic heterocycles. The zero-order valence-corrected chi connectivity index (χ0v) is 11.7. The van der Waals surface area contributed by atoms with Crippen molar-refractivity contribution in [3.63, 3.8) is 0 Å². The van der Waals surface area contributed by atoms with E-state index in [9.17, 15) is 9.18 Å². The third-order valence-corrected chi connectivity index (χ3v) is 3.67. The van der Waals surface area contributed by atoms with Gasteiger partial charge in [-0.15, -0.1) is 0 Å². The summed E-state index contributed by atoms with van der Waals surface area (Å²) >= 11 is 0. The largest absolute Gasteiger partial charge is 0.496 e. The second kappa shape index (κ2) is 5.29. The van der Waals surface area contributed by atoms with Crippen LogP contribution in [-0.4, -0.2) is 30.9 Å². The maximum atomic E-state index is 13.3. The molecule has 1 aromatic rings. The van der Waals surface area contributed by atoms with E-state index in [0.717, 1.165) is 12.1 Å². The summed E-state index contributed by atoms with van der Waals surface area (Å²) in [5.41, 5.74) is 0.506. The Morgan fingerprint density at radius 3 is 2.79 bits per heavy atom. The second-order valence-electron chi connectivity index (χ2n) is 5.72. The van der Waals surface area contributed by atoms with Gasteiger partial charge in [-0.25, -0.2) is 4.39 Å². The number of hydrogen-bond donors (Lipinski definition) is 0. The van der Waals surface area contributed by atoms with E-state index >= 15 is 0 Å². The fourth-order valence-electron chi connectivity index (χ4n) is 2.57. The van der Waals surface area contributed by atoms with Crippen LogP contribution in [-0.2, 0) is 11.3 Å². The Labute approximate surface area is 113 Å². The average molecular weight is 265 g/mol. The molecule has 1 aromatic carbocycles. The van der Waals surface area contributed by atoms with E-state index in [0.29, 0.717) is 31.0 Å². The first-order valence-electron chi connectivity index (χ1n) is 6.50. The minimum atomic E-state index is -0.321. The Bertz CT molecular complexity index is 485. The lowest BCUT2D eigenvalue weighted by atomic mass is 9.82. The number of piperidine rings is 1. The molecule has 1 fully saturated rings. The number of Topliss-reactive ketones (excluding diaryl/α,β-unsaturated/α-hetero) is 1. The Morgan fingerprint density at radius 2 is 2.16 bits per heavy atom. The predicted molar refractivity (Wildman–Crippen MR) is 71.6 cm³/mol. The maximum absolute atomic E-state index is 13.3. The van der Waals surface area contributed by atoms with Crippen molar-refractivity contribution < 1.29 is 13.9 Å². The summed E-state index contributed by atoms with van der Waals surface area (Å²) in [4.78, 5) is 14.0. The monoisotopic (exact) mass is 265 g/mol. The molecule has 0 amide bonds. The third kappa shape index (κ3) is 3.13. The van der Waals surface area contributed by atoms with Crippen LogP contribution in [0.1, 0.15) is 25.8 Å². The molecule has 19 heavy (non-hydrogen) atoms. The molecule has 104 valence electrons. The SMILES string of the molecule is COc1ccc(F)cc1CN1CCC(=O)C(C)(C)C1. The van der Waals surface area contributed by atoms with Gasteiger partial charge in [0.2, 0.25) is 0 Å². The quantitative estimate of drug-likeness (QED) is 0.841. The molecule has 4 heteroatoms. The second-order valence-corrected chi connectivity index (χ2v) is 5.72. The van der Waals surface area contributed by atoms with E-state index in [4.69, 9.17) is 4.74 Å². The lowest BCUT2D eigenvalue weighted by Crippen LogP contribution is -2.45. The van der Waals surface area contributed by atoms with Gasteiger partial charge in [0.05, 0.1) is 7.11 Å². The third-order valence-electron chi connectivity index (χ3n) is 3.67. The van der Waals surface area contributed by atoms with Gasteiger partial charge in [0.15, 0.2) is 0 Å². The van der Waals surface area contributed by atoms with Crippen molar-refractivity contribution in [3.05, 3.63) is 29.6 Å². The number of benzene rings is 1. The van der Waals surface area contributed by atoms with Gasteiger partial charge >= 0.3 is 0 Å². The van der Waals surface area contributed by atoms with Crippen molar-refractivity contribution in [2.45, 2.75) is 26.8 Å². The fourth-order valence-corrected chi connectivity index (χ4v) is 2.57. The first-order chi connectivity index (χ1) is 8.92. The van der Waals surface area contributed by atoms with E-state index in [-0.39, 0.29) is 11.2 Å². The van der Waals surface area contributed by atoms with Gasteiger partial charge in [-0.2, -0.15) is 0 Å². The van der Waals surface area contributed by atoms with Crippen molar-refractivity contribution in [2.75, 3.05) is 20.2 Å². The first kappa shape index (κ1) is 14.0. The van der Waals surface area contributed by atoms with Crippen molar-refractivity contribution in [3.8, 4) is 5.75 Å². The standard InChI is InChI=1S/C15H20FNO2/c1-15(2)10-17(7-6-14(15)18)9-11-8-12(16)4-5-13(11)19-3/h4-5,8H,6-7,9-10H2,1-3H3. The summed E-state index contributed by atoms with van der Waals surface area (Å²) in [6.45, 7) is 5.96. The van der Waals surface area contributed by atoms with Crippen LogP contribution in [0.25, 0.3) is 0 Å². The smallest absolute Gasteiger partial charge is 0.141 e. The number of ketones is 1. The Hall–Kier alpha value is -1.42. The van der Waals surface area contributed by atoms with Gasteiger partial charge in [0, 0.05) is 37.0 Å². The molecule has 2 rings (SSSR count). The lowest BCUT2D eigenvalue weighted by Gasteiger charge is -2.36. The van der Waals surface area contributed by atoms with Gasteiger partial charge in [0.25, 0.3) is 0 Å². The number of nitrogens with zero attached hydrogens (tertiary/aromatic N) is 1. The van der Waals surface area contributed by atoms with Gasteiger partial charge < -0.3 is 4.74 Å². The molecule has 0 saturated carbocycles. The number of hydrogen-bond acceptors (Lipinski definition) is 3. The van der Waals surface area contributed by atoms with Crippen molar-refractivity contribution in [2.24, 2.45) is 5.41 Å². The molecule has 0 bridgehead atoms. The summed E-state index contributed by atoms with van der Waals surface area (Å²) in [6, 6.07) is 4.54. The summed E-state index contributed by atoms with van der Waals surface area (Å²) in [7, 11) is 1.58. The maximum Gasteiger partial charge on any atom is 0.141 e. The number of halogens is 1. The Morgan fingerprint density at radius 1 is 1.42 bits per heavy atom. The van der Waals surface area contributed by atoms with E-state index in [1.54, 1.807) is 13.2 Å². The highest BCUT2D eigenvalue weighted by atomic mass is 19.1. The Balaban J connectivity index is 2.13. The number of methoxy groups -OCH3 is 1. The molecule has 0 radical (unpaired) electrons. The van der Waals surface area contributed by atoms with Crippen molar-refractivity contribution >= 4 is 5.78 Å². The van der Waals surface area contributed by atoms with E-state index in [2.05, 4.69) is 4.90 Å². The van der Waals surface area contributed by atoms with Gasteiger partial charge in [-0.05, 0) is 18.2 Å². The van der Waals surface area contributed by atoms with Gasteiger partial charge in [-0.1, -0.05) is 13.8 Å². The summed E-state index contributed by atoms with van der Waals surface area (Å²) in [5, 5.41) is 0. The van der Waals surface area contributed by atoms with Crippen LogP contribution >= 0.6 is 0 Å². The summed E-state index contributed by atoms with van der Waals surface area (Å²) < 4.78 is 18.6. The summed E-state index contributed by atoms with van der Waals surface area (Å²) in [6.07, 6.45) is 0.560. The number of carbonyl (C=O) groups is 1. The molecule has 0 N–H and O–H groups in total. The molecular formula is C15H20FNO2. The molecule has 0 spiro atoms. The van der Waals surface area contributed by atoms with E-state index < -0.39 is 0 Å². The number of likely N-dealkylation sites (tertiary alicyclic amines) is 1. The van der Waals surface area contributed by atoms with Gasteiger partial charge in [-0.3, -0.25) is 9.69 Å². The normalized spacial score (nSPS) is 19.5. The highest BCUT2D eigenvalue weighted by Gasteiger charge is 2.34. The van der Waals surface area contributed by atoms with Crippen LogP contribution in [0.5, 0.6) is 5.75 Å². The minimum absolute atomic E-state index is 0.261. The minimum Gasteiger partial charge on any atom is -0.496 e. The molecule has 1 saturated heterocycles. The Kier molecular flexibility index (Phi) is 3.90. The highest BCUT2D eigenvalue weighted by Crippen LogP contribution is 2.28. The molecular weight excluding hydrogens is 245 g/mol. The molecule has 1 heterocycles. The summed E-state index contributed by atoms with van der Waals surface area (Å²) in [5.74, 6) is 0.731. The van der Waals surface area contributed by atoms with E-state index in [1.807, 2.05) is 13.8 Å². The fraction of sp³-hybridized carbons (Fsp3) is 0.533. The molecule has 0 aliphatic carbocycles. The highest BCUT2D eigenvalue weighted by molar-refractivity contribution is 5.85. The van der Waals surface area contributed by atoms with Crippen LogP contribution in [0.15, 0.2) is 18.2 Å². The van der Waals surface area contributed by atoms with Crippen LogP contribution < -0.4 is 4.74 Å². The first-order valence-corrected chi connectivity index (χ1v) is 6.50. The zero-order chi connectivity index (χ0) is 14.0. The number of rotatable bonds is 3. The van der Waals surface area contributed by atoms with Crippen LogP contribution in [0.2, 0.25) is 0 Å². The van der Waals surface area contributed by atoms with E-state index in [1.165, 1.54) is 12.1 Å².